The minimum atomic E-state index is -4.91. The summed E-state index contributed by atoms with van der Waals surface area (Å²) in [6, 6.07) is 12.5. The molecule has 1 aliphatic heterocycles. The number of amides is 1. The third-order valence-corrected chi connectivity index (χ3v) is 7.73. The summed E-state index contributed by atoms with van der Waals surface area (Å²) in [5.74, 6) is -0.251. The molecule has 0 aliphatic carbocycles. The van der Waals surface area contributed by atoms with Crippen LogP contribution in [0.5, 0.6) is 11.5 Å². The maximum absolute atomic E-state index is 13.6. The molecule has 0 unspecified atom stereocenters. The van der Waals surface area contributed by atoms with Crippen molar-refractivity contribution in [2.45, 2.75) is 37.0 Å². The van der Waals surface area contributed by atoms with E-state index in [-0.39, 0.29) is 35.8 Å². The van der Waals surface area contributed by atoms with Crippen molar-refractivity contribution in [3.63, 3.8) is 0 Å². The van der Waals surface area contributed by atoms with Crippen molar-refractivity contribution < 1.29 is 35.9 Å². The molecule has 38 heavy (non-hydrogen) atoms. The SMILES string of the molecule is COc1ccc(-c2cc(C(F)(F)F)nc(S(=O)(=O)CCCC(=O)N3CCCc4ccccc43)n2)cc1OC. The predicted molar refractivity (Wildman–Crippen MR) is 134 cm³/mol. The van der Waals surface area contributed by atoms with Gasteiger partial charge in [-0.15, -0.1) is 0 Å². The largest absolute Gasteiger partial charge is 0.493 e. The molecule has 2 aromatic carbocycles. The molecule has 1 aliphatic rings. The van der Waals surface area contributed by atoms with E-state index in [2.05, 4.69) is 9.97 Å². The Morgan fingerprint density at radius 1 is 1.03 bits per heavy atom. The number of anilines is 1. The van der Waals surface area contributed by atoms with Crippen LogP contribution in [0, 0.1) is 0 Å². The van der Waals surface area contributed by atoms with E-state index in [0.717, 1.165) is 24.1 Å². The number of nitrogens with zero attached hydrogens (tertiary/aromatic N) is 3. The maximum Gasteiger partial charge on any atom is 0.433 e. The lowest BCUT2D eigenvalue weighted by molar-refractivity contribution is -0.141. The molecule has 0 radical (unpaired) electrons. The Balaban J connectivity index is 1.57. The number of rotatable bonds is 8. The average Bonchev–Trinajstić information content (AvgIpc) is 2.91. The molecule has 8 nitrogen and oxygen atoms in total. The van der Waals surface area contributed by atoms with Crippen LogP contribution < -0.4 is 14.4 Å². The molecular weight excluding hydrogens is 523 g/mol. The Labute approximate surface area is 218 Å². The van der Waals surface area contributed by atoms with E-state index in [4.69, 9.17) is 9.47 Å². The van der Waals surface area contributed by atoms with Crippen LogP contribution in [0.1, 0.15) is 30.5 Å². The van der Waals surface area contributed by atoms with E-state index in [0.29, 0.717) is 18.4 Å². The van der Waals surface area contributed by atoms with E-state index < -0.39 is 32.6 Å². The van der Waals surface area contributed by atoms with Crippen LogP contribution in [0.2, 0.25) is 0 Å². The van der Waals surface area contributed by atoms with Gasteiger partial charge in [0, 0.05) is 24.2 Å². The number of hydrogen-bond acceptors (Lipinski definition) is 7. The summed E-state index contributed by atoms with van der Waals surface area (Å²) >= 11 is 0. The Kier molecular flexibility index (Phi) is 7.91. The Morgan fingerprint density at radius 3 is 2.47 bits per heavy atom. The van der Waals surface area contributed by atoms with Crippen molar-refractivity contribution >= 4 is 21.4 Å². The second-order valence-corrected chi connectivity index (χ2v) is 10.7. The number of benzene rings is 2. The summed E-state index contributed by atoms with van der Waals surface area (Å²) in [4.78, 5) is 21.7. The van der Waals surface area contributed by atoms with Gasteiger partial charge in [-0.1, -0.05) is 18.2 Å². The van der Waals surface area contributed by atoms with Gasteiger partial charge in [-0.2, -0.15) is 13.2 Å². The van der Waals surface area contributed by atoms with E-state index in [9.17, 15) is 26.4 Å². The number of hydrogen-bond donors (Lipinski definition) is 0. The first kappa shape index (κ1) is 27.4. The Bertz CT molecular complexity index is 1440. The molecule has 2 heterocycles. The van der Waals surface area contributed by atoms with Gasteiger partial charge in [-0.25, -0.2) is 18.4 Å². The molecule has 12 heteroatoms. The lowest BCUT2D eigenvalue weighted by Gasteiger charge is -2.29. The van der Waals surface area contributed by atoms with E-state index in [1.165, 1.54) is 32.4 Å². The third-order valence-electron chi connectivity index (χ3n) is 6.17. The average molecular weight is 550 g/mol. The molecule has 0 atom stereocenters. The first-order chi connectivity index (χ1) is 18.0. The highest BCUT2D eigenvalue weighted by atomic mass is 32.2. The number of carbonyl (C=O) groups is 1. The van der Waals surface area contributed by atoms with Gasteiger partial charge in [-0.3, -0.25) is 4.79 Å². The zero-order valence-corrected chi connectivity index (χ0v) is 21.6. The van der Waals surface area contributed by atoms with Gasteiger partial charge in [0.2, 0.25) is 20.9 Å². The number of methoxy groups -OCH3 is 2. The minimum absolute atomic E-state index is 0.0882. The summed E-state index contributed by atoms with van der Waals surface area (Å²) in [7, 11) is -1.57. The quantitative estimate of drug-likeness (QED) is 0.375. The van der Waals surface area contributed by atoms with Crippen molar-refractivity contribution in [1.29, 1.82) is 0 Å². The lowest BCUT2D eigenvalue weighted by atomic mass is 10.0. The summed E-state index contributed by atoms with van der Waals surface area (Å²) in [6.45, 7) is 0.522. The lowest BCUT2D eigenvalue weighted by Crippen LogP contribution is -2.35. The van der Waals surface area contributed by atoms with Gasteiger partial charge in [0.05, 0.1) is 25.7 Å². The zero-order chi connectivity index (χ0) is 27.5. The highest BCUT2D eigenvalue weighted by Crippen LogP contribution is 2.35. The number of halogens is 3. The Hall–Kier alpha value is -3.67. The Morgan fingerprint density at radius 2 is 1.76 bits per heavy atom. The molecular formula is C26H26F3N3O5S. The minimum Gasteiger partial charge on any atom is -0.493 e. The summed E-state index contributed by atoms with van der Waals surface area (Å²) in [5.41, 5.74) is 0.391. The number of sulfone groups is 1. The molecule has 0 saturated heterocycles. The number of alkyl halides is 3. The molecule has 0 N–H and O–H groups in total. The molecule has 202 valence electrons. The van der Waals surface area contributed by atoms with Gasteiger partial charge in [0.25, 0.3) is 0 Å². The third kappa shape index (κ3) is 5.90. The first-order valence-corrected chi connectivity index (χ1v) is 13.5. The van der Waals surface area contributed by atoms with Crippen molar-refractivity contribution in [3.8, 4) is 22.8 Å². The fourth-order valence-corrected chi connectivity index (χ4v) is 5.47. The van der Waals surface area contributed by atoms with E-state index >= 15 is 0 Å². The number of aryl methyl sites for hydroxylation is 1. The topological polar surface area (TPSA) is 98.7 Å². The molecule has 1 aromatic heterocycles. The molecule has 0 saturated carbocycles. The van der Waals surface area contributed by atoms with Crippen LogP contribution in [0.25, 0.3) is 11.3 Å². The van der Waals surface area contributed by atoms with Crippen molar-refractivity contribution in [1.82, 2.24) is 9.97 Å². The summed E-state index contributed by atoms with van der Waals surface area (Å²) in [6.07, 6.45) is -3.45. The zero-order valence-electron chi connectivity index (χ0n) is 20.8. The van der Waals surface area contributed by atoms with Crippen molar-refractivity contribution in [2.24, 2.45) is 0 Å². The second-order valence-electron chi connectivity index (χ2n) is 8.69. The van der Waals surface area contributed by atoms with Gasteiger partial charge in [0.1, 0.15) is 5.69 Å². The van der Waals surface area contributed by atoms with Crippen molar-refractivity contribution in [2.75, 3.05) is 31.4 Å². The second kappa shape index (κ2) is 11.0. The van der Waals surface area contributed by atoms with Crippen LogP contribution in [0.4, 0.5) is 18.9 Å². The monoisotopic (exact) mass is 549 g/mol. The molecule has 4 rings (SSSR count). The fraction of sp³-hybridized carbons (Fsp3) is 0.346. The molecule has 0 bridgehead atoms. The molecule has 0 fully saturated rings. The van der Waals surface area contributed by atoms with Gasteiger partial charge >= 0.3 is 6.18 Å². The molecule has 1 amide bonds. The first-order valence-electron chi connectivity index (χ1n) is 11.8. The van der Waals surface area contributed by atoms with Gasteiger partial charge < -0.3 is 14.4 Å². The highest BCUT2D eigenvalue weighted by Gasteiger charge is 2.35. The van der Waals surface area contributed by atoms with Gasteiger partial charge in [-0.05, 0) is 55.2 Å². The number of carbonyl (C=O) groups excluding carboxylic acids is 1. The van der Waals surface area contributed by atoms with E-state index in [1.54, 1.807) is 4.90 Å². The van der Waals surface area contributed by atoms with Crippen LogP contribution in [0.15, 0.2) is 53.7 Å². The number of para-hydroxylation sites is 1. The molecule has 3 aromatic rings. The highest BCUT2D eigenvalue weighted by molar-refractivity contribution is 7.91. The smallest absolute Gasteiger partial charge is 0.433 e. The maximum atomic E-state index is 13.6. The van der Waals surface area contributed by atoms with E-state index in [1.807, 2.05) is 24.3 Å². The number of ether oxygens (including phenoxy) is 2. The normalized spacial score (nSPS) is 13.7. The predicted octanol–water partition coefficient (Wildman–Crippen LogP) is 4.71. The summed E-state index contributed by atoms with van der Waals surface area (Å²) in [5, 5.41) is -0.951. The number of aromatic nitrogens is 2. The van der Waals surface area contributed by atoms with Gasteiger partial charge in [0.15, 0.2) is 11.5 Å². The van der Waals surface area contributed by atoms with Crippen LogP contribution in [0.3, 0.4) is 0 Å². The van der Waals surface area contributed by atoms with Crippen LogP contribution in [-0.2, 0) is 27.2 Å². The van der Waals surface area contributed by atoms with Crippen molar-refractivity contribution in [3.05, 3.63) is 59.8 Å². The van der Waals surface area contributed by atoms with Crippen LogP contribution in [-0.4, -0.2) is 50.8 Å². The van der Waals surface area contributed by atoms with Crippen LogP contribution >= 0.6 is 0 Å². The standard InChI is InChI=1S/C26H26F3N3O5S/c1-36-21-12-11-18(15-22(21)37-2)19-16-23(26(27,28)29)31-25(30-19)38(34,35)14-6-10-24(33)32-13-5-8-17-7-3-4-9-20(17)32/h3-4,7,9,11-12,15-16H,5-6,8,10,13-14H2,1-2H3. The molecule has 0 spiro atoms. The summed E-state index contributed by atoms with van der Waals surface area (Å²) < 4.78 is 77.2. The fourth-order valence-electron chi connectivity index (χ4n) is 4.29. The number of fused-ring (bicyclic) bond motifs is 1.